The van der Waals surface area contributed by atoms with Crippen molar-refractivity contribution in [2.75, 3.05) is 19.0 Å². The summed E-state index contributed by atoms with van der Waals surface area (Å²) in [4.78, 5) is 12.0. The molecule has 0 saturated carbocycles. The molecule has 0 aromatic heterocycles. The van der Waals surface area contributed by atoms with E-state index in [1.54, 1.807) is 12.1 Å². The Kier molecular flexibility index (Phi) is 5.88. The van der Waals surface area contributed by atoms with Crippen molar-refractivity contribution in [3.05, 3.63) is 52.5 Å². The quantitative estimate of drug-likeness (QED) is 0.853. The maximum atomic E-state index is 12.0. The Labute approximate surface area is 141 Å². The summed E-state index contributed by atoms with van der Waals surface area (Å²) in [5.41, 5.74) is 2.65. The molecule has 0 atom stereocenters. The summed E-state index contributed by atoms with van der Waals surface area (Å²) in [6.07, 6.45) is 0.249. The molecular formula is C18H20ClNO3. The predicted octanol–water partition coefficient (Wildman–Crippen LogP) is 4.37. The molecule has 0 fully saturated rings. The van der Waals surface area contributed by atoms with E-state index in [1.165, 1.54) is 12.7 Å². The highest BCUT2D eigenvalue weighted by Crippen LogP contribution is 2.30. The smallest absolute Gasteiger partial charge is 0.227 e. The van der Waals surface area contributed by atoms with Crippen LogP contribution in [0.15, 0.2) is 36.4 Å². The zero-order chi connectivity index (χ0) is 16.8. The fourth-order valence-electron chi connectivity index (χ4n) is 2.04. The van der Waals surface area contributed by atoms with E-state index in [2.05, 4.69) is 5.32 Å². The number of halogens is 1. The molecule has 5 heteroatoms. The topological polar surface area (TPSA) is 47.6 Å². The van der Waals surface area contributed by atoms with Gasteiger partial charge < -0.3 is 14.8 Å². The molecule has 0 radical (unpaired) electrons. The number of rotatable bonds is 6. The number of anilines is 1. The first kappa shape index (κ1) is 17.2. The minimum atomic E-state index is -0.142. The van der Waals surface area contributed by atoms with Gasteiger partial charge in [-0.3, -0.25) is 4.79 Å². The highest BCUT2D eigenvalue weighted by atomic mass is 35.5. The lowest BCUT2D eigenvalue weighted by Gasteiger charge is -2.12. The number of nitrogens with one attached hydrogen (secondary N) is 1. The molecule has 0 aliphatic carbocycles. The molecule has 2 aromatic carbocycles. The number of ether oxygens (including phenoxy) is 2. The van der Waals surface area contributed by atoms with Crippen molar-refractivity contribution in [2.24, 2.45) is 0 Å². The van der Waals surface area contributed by atoms with Gasteiger partial charge in [0.15, 0.2) is 0 Å². The zero-order valence-corrected chi connectivity index (χ0v) is 14.2. The van der Waals surface area contributed by atoms with Crippen LogP contribution in [0.5, 0.6) is 11.5 Å². The molecule has 122 valence electrons. The van der Waals surface area contributed by atoms with Crippen molar-refractivity contribution < 1.29 is 14.3 Å². The van der Waals surface area contributed by atoms with Gasteiger partial charge in [-0.15, -0.1) is 0 Å². The van der Waals surface area contributed by atoms with Crippen molar-refractivity contribution in [2.45, 2.75) is 20.3 Å². The Morgan fingerprint density at radius 1 is 1.17 bits per heavy atom. The van der Waals surface area contributed by atoms with E-state index in [4.69, 9.17) is 21.1 Å². The summed E-state index contributed by atoms with van der Waals surface area (Å²) in [6.45, 7) is 4.19. The van der Waals surface area contributed by atoms with Crippen LogP contribution in [0.1, 0.15) is 17.5 Å². The highest BCUT2D eigenvalue weighted by Gasteiger charge is 2.10. The largest absolute Gasteiger partial charge is 0.495 e. The van der Waals surface area contributed by atoms with Crippen LogP contribution in [0.4, 0.5) is 5.69 Å². The van der Waals surface area contributed by atoms with Gasteiger partial charge in [0, 0.05) is 11.1 Å². The van der Waals surface area contributed by atoms with E-state index in [1.807, 2.05) is 38.1 Å². The van der Waals surface area contributed by atoms with Gasteiger partial charge >= 0.3 is 0 Å². The monoisotopic (exact) mass is 333 g/mol. The SMILES string of the molecule is COc1cc(Cl)c(C)cc1NC(=O)CCOc1ccc(C)cc1. The predicted molar refractivity (Wildman–Crippen MR) is 92.7 cm³/mol. The van der Waals surface area contributed by atoms with E-state index >= 15 is 0 Å². The number of methoxy groups -OCH3 is 1. The molecule has 0 aliphatic heterocycles. The summed E-state index contributed by atoms with van der Waals surface area (Å²) >= 11 is 6.05. The second-order valence-electron chi connectivity index (χ2n) is 5.26. The maximum Gasteiger partial charge on any atom is 0.227 e. The third kappa shape index (κ3) is 4.89. The lowest BCUT2D eigenvalue weighted by Crippen LogP contribution is -2.16. The number of carbonyl (C=O) groups excluding carboxylic acids is 1. The zero-order valence-electron chi connectivity index (χ0n) is 13.5. The number of carbonyl (C=O) groups is 1. The van der Waals surface area contributed by atoms with Crippen LogP contribution in [-0.2, 0) is 4.79 Å². The summed E-state index contributed by atoms with van der Waals surface area (Å²) in [5, 5.41) is 3.42. The number of aryl methyl sites for hydroxylation is 2. The number of hydrogen-bond donors (Lipinski definition) is 1. The first-order valence-electron chi connectivity index (χ1n) is 7.33. The summed E-state index contributed by atoms with van der Waals surface area (Å²) in [6, 6.07) is 11.2. The molecule has 0 unspecified atom stereocenters. The van der Waals surface area contributed by atoms with Crippen molar-refractivity contribution in [3.8, 4) is 11.5 Å². The first-order valence-corrected chi connectivity index (χ1v) is 7.71. The molecule has 0 spiro atoms. The van der Waals surface area contributed by atoms with Crippen molar-refractivity contribution in [1.29, 1.82) is 0 Å². The van der Waals surface area contributed by atoms with E-state index in [0.717, 1.165) is 11.3 Å². The maximum absolute atomic E-state index is 12.0. The van der Waals surface area contributed by atoms with E-state index in [0.29, 0.717) is 23.1 Å². The average molecular weight is 334 g/mol. The van der Waals surface area contributed by atoms with Crippen LogP contribution >= 0.6 is 11.6 Å². The van der Waals surface area contributed by atoms with Gasteiger partial charge in [0.1, 0.15) is 11.5 Å². The lowest BCUT2D eigenvalue weighted by atomic mass is 10.2. The van der Waals surface area contributed by atoms with Gasteiger partial charge in [-0.2, -0.15) is 0 Å². The van der Waals surface area contributed by atoms with Crippen LogP contribution in [0.2, 0.25) is 5.02 Å². The molecular weight excluding hydrogens is 314 g/mol. The standard InChI is InChI=1S/C18H20ClNO3/c1-12-4-6-14(7-5-12)23-9-8-18(21)20-16-10-13(2)15(19)11-17(16)22-3/h4-7,10-11H,8-9H2,1-3H3,(H,20,21). The van der Waals surface area contributed by atoms with Gasteiger partial charge in [0.05, 0.1) is 25.8 Å². The van der Waals surface area contributed by atoms with Gasteiger partial charge in [-0.05, 0) is 37.6 Å². The van der Waals surface area contributed by atoms with Gasteiger partial charge in [-0.25, -0.2) is 0 Å². The Morgan fingerprint density at radius 3 is 2.52 bits per heavy atom. The molecule has 1 N–H and O–H groups in total. The van der Waals surface area contributed by atoms with Crippen LogP contribution < -0.4 is 14.8 Å². The third-order valence-electron chi connectivity index (χ3n) is 3.37. The fraction of sp³-hybridized carbons (Fsp3) is 0.278. The Balaban J connectivity index is 1.89. The summed E-state index contributed by atoms with van der Waals surface area (Å²) in [5.74, 6) is 1.15. The molecule has 1 amide bonds. The van der Waals surface area contributed by atoms with Crippen LogP contribution in [-0.4, -0.2) is 19.6 Å². The minimum Gasteiger partial charge on any atom is -0.495 e. The molecule has 0 bridgehead atoms. The third-order valence-corrected chi connectivity index (χ3v) is 3.78. The highest BCUT2D eigenvalue weighted by molar-refractivity contribution is 6.31. The number of amides is 1. The molecule has 2 rings (SSSR count). The van der Waals surface area contributed by atoms with E-state index in [9.17, 15) is 4.79 Å². The number of hydrogen-bond acceptors (Lipinski definition) is 3. The average Bonchev–Trinajstić information content (AvgIpc) is 2.52. The first-order chi connectivity index (χ1) is 11.0. The van der Waals surface area contributed by atoms with Gasteiger partial charge in [0.25, 0.3) is 0 Å². The Hall–Kier alpha value is -2.20. The molecule has 0 heterocycles. The van der Waals surface area contributed by atoms with Crippen LogP contribution in [0.25, 0.3) is 0 Å². The van der Waals surface area contributed by atoms with Gasteiger partial charge in [0.2, 0.25) is 5.91 Å². The van der Waals surface area contributed by atoms with E-state index < -0.39 is 0 Å². The Morgan fingerprint density at radius 2 is 1.87 bits per heavy atom. The summed E-state index contributed by atoms with van der Waals surface area (Å²) < 4.78 is 10.8. The number of benzene rings is 2. The van der Waals surface area contributed by atoms with E-state index in [-0.39, 0.29) is 12.3 Å². The minimum absolute atomic E-state index is 0.142. The summed E-state index contributed by atoms with van der Waals surface area (Å²) in [7, 11) is 1.54. The second-order valence-corrected chi connectivity index (χ2v) is 5.67. The van der Waals surface area contributed by atoms with Crippen LogP contribution in [0, 0.1) is 13.8 Å². The Bertz CT molecular complexity index is 683. The molecule has 0 aliphatic rings. The lowest BCUT2D eigenvalue weighted by molar-refractivity contribution is -0.116. The normalized spacial score (nSPS) is 10.3. The van der Waals surface area contributed by atoms with Crippen LogP contribution in [0.3, 0.4) is 0 Å². The fourth-order valence-corrected chi connectivity index (χ4v) is 2.19. The van der Waals surface area contributed by atoms with Crippen molar-refractivity contribution in [1.82, 2.24) is 0 Å². The van der Waals surface area contributed by atoms with Gasteiger partial charge in [-0.1, -0.05) is 29.3 Å². The molecule has 0 saturated heterocycles. The second kappa shape index (κ2) is 7.88. The van der Waals surface area contributed by atoms with Crippen molar-refractivity contribution in [3.63, 3.8) is 0 Å². The molecule has 23 heavy (non-hydrogen) atoms. The molecule has 2 aromatic rings. The van der Waals surface area contributed by atoms with Crippen molar-refractivity contribution >= 4 is 23.2 Å². The molecule has 4 nitrogen and oxygen atoms in total.